The number of carbonyl (C=O) groups excluding carboxylic acids is 1. The Morgan fingerprint density at radius 3 is 2.71 bits per heavy atom. The lowest BCUT2D eigenvalue weighted by atomic mass is 10.0. The highest BCUT2D eigenvalue weighted by atomic mass is 32.2. The van der Waals surface area contributed by atoms with Gasteiger partial charge in [-0.2, -0.15) is 0 Å². The quantitative estimate of drug-likeness (QED) is 0.552. The SMILES string of the molecule is CSc1nccc(N2CCC(N(C[C@H]3CCN(C(=O)n4ccnc4)C3)C(=O)O)CC2)n1. The number of carbonyl (C=O) groups is 2. The zero-order valence-electron chi connectivity index (χ0n) is 17.5. The lowest BCUT2D eigenvalue weighted by Gasteiger charge is -2.38. The predicted molar refractivity (Wildman–Crippen MR) is 116 cm³/mol. The highest BCUT2D eigenvalue weighted by Crippen LogP contribution is 2.25. The molecule has 166 valence electrons. The summed E-state index contributed by atoms with van der Waals surface area (Å²) in [5, 5.41) is 10.6. The minimum Gasteiger partial charge on any atom is -0.465 e. The molecule has 2 fully saturated rings. The monoisotopic (exact) mass is 445 g/mol. The van der Waals surface area contributed by atoms with E-state index < -0.39 is 6.09 Å². The Morgan fingerprint density at radius 2 is 2.03 bits per heavy atom. The van der Waals surface area contributed by atoms with Gasteiger partial charge in [-0.25, -0.2) is 24.5 Å². The molecule has 2 amide bonds. The van der Waals surface area contributed by atoms with Crippen LogP contribution in [0.15, 0.2) is 36.1 Å². The van der Waals surface area contributed by atoms with Gasteiger partial charge in [0.15, 0.2) is 5.16 Å². The molecule has 0 aromatic carbocycles. The maximum Gasteiger partial charge on any atom is 0.407 e. The summed E-state index contributed by atoms with van der Waals surface area (Å²) in [7, 11) is 0. The number of rotatable bonds is 5. The second kappa shape index (κ2) is 9.54. The highest BCUT2D eigenvalue weighted by Gasteiger charge is 2.34. The summed E-state index contributed by atoms with van der Waals surface area (Å²) in [5.74, 6) is 1.04. The number of anilines is 1. The Morgan fingerprint density at radius 1 is 1.23 bits per heavy atom. The van der Waals surface area contributed by atoms with E-state index in [2.05, 4.69) is 19.9 Å². The van der Waals surface area contributed by atoms with Crippen LogP contribution in [0.5, 0.6) is 0 Å². The molecule has 0 saturated carbocycles. The summed E-state index contributed by atoms with van der Waals surface area (Å²) >= 11 is 1.51. The van der Waals surface area contributed by atoms with E-state index in [4.69, 9.17) is 0 Å². The van der Waals surface area contributed by atoms with Crippen molar-refractivity contribution in [3.8, 4) is 0 Å². The lowest BCUT2D eigenvalue weighted by molar-refractivity contribution is 0.106. The Kier molecular flexibility index (Phi) is 6.59. The number of aromatic nitrogens is 4. The third-order valence-electron chi connectivity index (χ3n) is 6.01. The van der Waals surface area contributed by atoms with Gasteiger partial charge in [-0.15, -0.1) is 0 Å². The van der Waals surface area contributed by atoms with Crippen LogP contribution >= 0.6 is 11.8 Å². The van der Waals surface area contributed by atoms with Crippen LogP contribution in [0.25, 0.3) is 0 Å². The number of imidazole rings is 1. The molecule has 1 N–H and O–H groups in total. The number of nitrogens with zero attached hydrogens (tertiary/aromatic N) is 7. The molecule has 2 aromatic rings. The number of hydrogen-bond donors (Lipinski definition) is 1. The van der Waals surface area contributed by atoms with E-state index in [1.54, 1.807) is 28.4 Å². The second-order valence-corrected chi connectivity index (χ2v) is 8.68. The van der Waals surface area contributed by atoms with Crippen molar-refractivity contribution >= 4 is 29.7 Å². The fourth-order valence-electron chi connectivity index (χ4n) is 4.37. The van der Waals surface area contributed by atoms with E-state index in [0.29, 0.717) is 19.6 Å². The molecule has 2 saturated heterocycles. The van der Waals surface area contributed by atoms with E-state index in [0.717, 1.165) is 43.3 Å². The van der Waals surface area contributed by atoms with Crippen molar-refractivity contribution in [3.05, 3.63) is 31.0 Å². The molecule has 10 nitrogen and oxygen atoms in total. The van der Waals surface area contributed by atoms with E-state index in [-0.39, 0.29) is 18.0 Å². The Bertz CT molecular complexity index is 902. The van der Waals surface area contributed by atoms with Gasteiger partial charge in [0.1, 0.15) is 12.1 Å². The second-order valence-electron chi connectivity index (χ2n) is 7.91. The number of amides is 2. The molecule has 4 rings (SSSR count). The van der Waals surface area contributed by atoms with Crippen molar-refractivity contribution in [2.75, 3.05) is 43.9 Å². The molecule has 2 aliphatic rings. The van der Waals surface area contributed by atoms with Gasteiger partial charge in [0, 0.05) is 57.4 Å². The molecule has 0 radical (unpaired) electrons. The highest BCUT2D eigenvalue weighted by molar-refractivity contribution is 7.98. The molecular weight excluding hydrogens is 418 g/mol. The van der Waals surface area contributed by atoms with Crippen LogP contribution < -0.4 is 4.90 Å². The first-order chi connectivity index (χ1) is 15.0. The summed E-state index contributed by atoms with van der Waals surface area (Å²) in [5.41, 5.74) is 0. The first kappa shape index (κ1) is 21.4. The summed E-state index contributed by atoms with van der Waals surface area (Å²) < 4.78 is 1.46. The van der Waals surface area contributed by atoms with Crippen molar-refractivity contribution in [3.63, 3.8) is 0 Å². The van der Waals surface area contributed by atoms with E-state index >= 15 is 0 Å². The lowest BCUT2D eigenvalue weighted by Crippen LogP contribution is -2.49. The maximum atomic E-state index is 12.5. The minimum atomic E-state index is -0.885. The van der Waals surface area contributed by atoms with Gasteiger partial charge in [-0.05, 0) is 37.5 Å². The zero-order chi connectivity index (χ0) is 21.8. The Hall–Kier alpha value is -2.82. The third kappa shape index (κ3) is 4.92. The van der Waals surface area contributed by atoms with E-state index in [1.165, 1.54) is 22.7 Å². The van der Waals surface area contributed by atoms with Crippen LogP contribution in [0.3, 0.4) is 0 Å². The van der Waals surface area contributed by atoms with Crippen LogP contribution in [-0.4, -0.2) is 91.6 Å². The van der Waals surface area contributed by atoms with Gasteiger partial charge in [0.05, 0.1) is 0 Å². The van der Waals surface area contributed by atoms with Crippen LogP contribution in [0.2, 0.25) is 0 Å². The molecule has 31 heavy (non-hydrogen) atoms. The molecule has 0 aliphatic carbocycles. The Balaban J connectivity index is 1.32. The van der Waals surface area contributed by atoms with Crippen LogP contribution in [-0.2, 0) is 0 Å². The fourth-order valence-corrected chi connectivity index (χ4v) is 4.72. The molecule has 11 heteroatoms. The summed E-state index contributed by atoms with van der Waals surface area (Å²) in [4.78, 5) is 42.8. The van der Waals surface area contributed by atoms with Gasteiger partial charge < -0.3 is 19.8 Å². The largest absolute Gasteiger partial charge is 0.465 e. The van der Waals surface area contributed by atoms with Gasteiger partial charge in [-0.3, -0.25) is 4.57 Å². The topological polar surface area (TPSA) is 108 Å². The average Bonchev–Trinajstić information content (AvgIpc) is 3.49. The normalized spacial score (nSPS) is 19.6. The molecule has 4 heterocycles. The standard InChI is InChI=1S/C20H27N7O3S/c1-31-18-22-6-2-17(23-18)24-9-4-16(5-10-24)27(20(29)30)13-15-3-8-25(12-15)19(28)26-11-7-21-14-26/h2,6-7,11,14-16H,3-5,8-10,12-13H2,1H3,(H,29,30)/t15-/m0/s1. The first-order valence-corrected chi connectivity index (χ1v) is 11.7. The van der Waals surface area contributed by atoms with Crippen molar-refractivity contribution < 1.29 is 14.7 Å². The zero-order valence-corrected chi connectivity index (χ0v) is 18.3. The smallest absolute Gasteiger partial charge is 0.407 e. The van der Waals surface area contributed by atoms with Gasteiger partial charge in [-0.1, -0.05) is 11.8 Å². The maximum absolute atomic E-state index is 12.5. The number of hydrogen-bond acceptors (Lipinski definition) is 7. The Labute approximate surface area is 185 Å². The molecule has 0 unspecified atom stereocenters. The number of piperidine rings is 1. The van der Waals surface area contributed by atoms with E-state index in [9.17, 15) is 14.7 Å². The minimum absolute atomic E-state index is 0.0194. The number of thioether (sulfide) groups is 1. The predicted octanol–water partition coefficient (Wildman–Crippen LogP) is 2.33. The van der Waals surface area contributed by atoms with Crippen molar-refractivity contribution in [2.24, 2.45) is 5.92 Å². The van der Waals surface area contributed by atoms with Gasteiger partial charge in [0.2, 0.25) is 0 Å². The molecule has 0 bridgehead atoms. The van der Waals surface area contributed by atoms with Crippen LogP contribution in [0.4, 0.5) is 15.4 Å². The van der Waals surface area contributed by atoms with E-state index in [1.807, 2.05) is 12.3 Å². The van der Waals surface area contributed by atoms with Crippen molar-refractivity contribution in [1.82, 2.24) is 29.3 Å². The van der Waals surface area contributed by atoms with Gasteiger partial charge >= 0.3 is 12.1 Å². The number of likely N-dealkylation sites (tertiary alicyclic amines) is 1. The fraction of sp³-hybridized carbons (Fsp3) is 0.550. The third-order valence-corrected chi connectivity index (χ3v) is 6.57. The molecular formula is C20H27N7O3S. The number of carboxylic acid groups (broad SMARTS) is 1. The summed E-state index contributed by atoms with van der Waals surface area (Å²) in [6.07, 6.45) is 9.85. The first-order valence-electron chi connectivity index (χ1n) is 10.4. The molecule has 2 aromatic heterocycles. The summed E-state index contributed by atoms with van der Waals surface area (Å²) in [6.45, 7) is 3.18. The molecule has 0 spiro atoms. The summed E-state index contributed by atoms with van der Waals surface area (Å²) in [6, 6.07) is 1.78. The van der Waals surface area contributed by atoms with Crippen molar-refractivity contribution in [1.29, 1.82) is 0 Å². The van der Waals surface area contributed by atoms with Crippen LogP contribution in [0, 0.1) is 5.92 Å². The average molecular weight is 446 g/mol. The molecule has 1 atom stereocenters. The van der Waals surface area contributed by atoms with Gasteiger partial charge in [0.25, 0.3) is 0 Å². The molecule has 2 aliphatic heterocycles. The van der Waals surface area contributed by atoms with Crippen molar-refractivity contribution in [2.45, 2.75) is 30.5 Å². The van der Waals surface area contributed by atoms with Crippen LogP contribution in [0.1, 0.15) is 19.3 Å².